The van der Waals surface area contributed by atoms with Crippen LogP contribution in [0.5, 0.6) is 5.75 Å². The van der Waals surface area contributed by atoms with Crippen molar-refractivity contribution in [3.63, 3.8) is 0 Å². The van der Waals surface area contributed by atoms with E-state index in [9.17, 15) is 0 Å². The Morgan fingerprint density at radius 1 is 1.00 bits per heavy atom. The first-order chi connectivity index (χ1) is 18.5. The van der Waals surface area contributed by atoms with E-state index in [4.69, 9.17) is 23.4 Å². The summed E-state index contributed by atoms with van der Waals surface area (Å²) in [5.41, 5.74) is 8.72. The Kier molecular flexibility index (Phi) is 8.76. The standard InChI is InChI=1S/C30H31N2OS.ClHO4/c1-6-31-25-19-24(23-11-9-8-10-12-23)13-14-27(25)33-29(31)15-20(3)16-30-32(7-2)26-17-21(4)22(5)18-28(26)34-30;2-1(3,4)5/h8-19H,6-7H2,1-5H3;(H,2,3,4,5)/q+1;. The fraction of sp³-hybridized carbons (Fsp3) is 0.233. The lowest BCUT2D eigenvalue weighted by Crippen LogP contribution is -2.58. The molecule has 0 atom stereocenters. The van der Waals surface area contributed by atoms with E-state index in [-0.39, 0.29) is 0 Å². The minimum Gasteiger partial charge on any atom is -0.439 e. The molecule has 3 aromatic carbocycles. The van der Waals surface area contributed by atoms with Gasteiger partial charge in [0.05, 0.1) is 20.6 Å². The summed E-state index contributed by atoms with van der Waals surface area (Å²) in [6, 6.07) is 21.6. The summed E-state index contributed by atoms with van der Waals surface area (Å²) in [6.07, 6.45) is 4.44. The zero-order valence-corrected chi connectivity index (χ0v) is 24.2. The summed E-state index contributed by atoms with van der Waals surface area (Å²) in [5, 5.41) is 1.27. The predicted molar refractivity (Wildman–Crippen MR) is 147 cm³/mol. The van der Waals surface area contributed by atoms with E-state index in [1.807, 2.05) is 11.3 Å². The highest BCUT2D eigenvalue weighted by molar-refractivity contribution is 7.18. The highest BCUT2D eigenvalue weighted by Gasteiger charge is 2.26. The third-order valence-electron chi connectivity index (χ3n) is 6.52. The number of aryl methyl sites for hydroxylation is 3. The van der Waals surface area contributed by atoms with Crippen LogP contribution in [0.3, 0.4) is 0 Å². The molecule has 204 valence electrons. The molecule has 39 heavy (non-hydrogen) atoms. The first-order valence-electron chi connectivity index (χ1n) is 12.6. The van der Waals surface area contributed by atoms with Gasteiger partial charge in [-0.2, -0.15) is 18.5 Å². The third-order valence-corrected chi connectivity index (χ3v) is 7.61. The molecule has 0 unspecified atom stereocenters. The minimum absolute atomic E-state index is 0.848. The molecule has 0 aliphatic carbocycles. The van der Waals surface area contributed by atoms with Crippen molar-refractivity contribution in [2.75, 3.05) is 11.4 Å². The Labute approximate surface area is 234 Å². The summed E-state index contributed by atoms with van der Waals surface area (Å²) >= 11 is 1.85. The summed E-state index contributed by atoms with van der Waals surface area (Å²) in [7, 11) is -4.69. The van der Waals surface area contributed by atoms with Crippen LogP contribution >= 0.6 is 11.3 Å². The van der Waals surface area contributed by atoms with Gasteiger partial charge in [-0.25, -0.2) is 0 Å². The van der Waals surface area contributed by atoms with Gasteiger partial charge >= 0.3 is 0 Å². The summed E-state index contributed by atoms with van der Waals surface area (Å²) < 4.78 is 42.8. The van der Waals surface area contributed by atoms with Crippen molar-refractivity contribution in [1.29, 1.82) is 0 Å². The van der Waals surface area contributed by atoms with Crippen molar-refractivity contribution < 1.29 is 38.2 Å². The average Bonchev–Trinajstić information content (AvgIpc) is 3.39. The van der Waals surface area contributed by atoms with Gasteiger partial charge in [-0.1, -0.05) is 47.7 Å². The van der Waals surface area contributed by atoms with E-state index < -0.39 is 10.2 Å². The first-order valence-corrected chi connectivity index (χ1v) is 14.7. The molecule has 0 spiro atoms. The maximum absolute atomic E-state index is 8.60. The fourth-order valence-electron chi connectivity index (χ4n) is 4.56. The molecule has 4 aromatic rings. The molecule has 9 heteroatoms. The molecule has 2 heterocycles. The lowest BCUT2D eigenvalue weighted by molar-refractivity contribution is -1.92. The Hall–Kier alpha value is -3.24. The topological polar surface area (TPSA) is 106 Å². The van der Waals surface area contributed by atoms with E-state index in [1.165, 1.54) is 43.1 Å². The first kappa shape index (κ1) is 28.8. The Morgan fingerprint density at radius 2 is 1.67 bits per heavy atom. The van der Waals surface area contributed by atoms with E-state index in [2.05, 4.69) is 117 Å². The van der Waals surface area contributed by atoms with Crippen molar-refractivity contribution >= 4 is 33.3 Å². The second-order valence-electron chi connectivity index (χ2n) is 9.25. The number of hydrogen-bond donors (Lipinski definition) is 1. The largest absolute Gasteiger partial charge is 0.439 e. The summed E-state index contributed by atoms with van der Waals surface area (Å²) in [6.45, 7) is 12.7. The van der Waals surface area contributed by atoms with Crippen molar-refractivity contribution in [2.24, 2.45) is 0 Å². The van der Waals surface area contributed by atoms with Gasteiger partial charge in [0.25, 0.3) is 5.01 Å². The molecule has 0 bridgehead atoms. The maximum atomic E-state index is 8.60. The van der Waals surface area contributed by atoms with Crippen LogP contribution in [0.25, 0.3) is 27.4 Å². The van der Waals surface area contributed by atoms with E-state index in [0.717, 1.165) is 30.4 Å². The van der Waals surface area contributed by atoms with Crippen molar-refractivity contribution in [1.82, 2.24) is 0 Å². The molecule has 1 aromatic heterocycles. The molecular formula is C30H32ClN2O5S+. The number of ether oxygens (including phenoxy) is 1. The van der Waals surface area contributed by atoms with E-state index in [1.54, 1.807) is 0 Å². The van der Waals surface area contributed by atoms with Crippen LogP contribution in [0.4, 0.5) is 5.69 Å². The van der Waals surface area contributed by atoms with Gasteiger partial charge in [-0.3, -0.25) is 0 Å². The number of rotatable bonds is 5. The van der Waals surface area contributed by atoms with Crippen LogP contribution in [0.1, 0.15) is 36.9 Å². The quantitative estimate of drug-likeness (QED) is 0.370. The van der Waals surface area contributed by atoms with Crippen LogP contribution in [0.2, 0.25) is 0 Å². The number of aromatic nitrogens is 1. The number of anilines is 1. The number of fused-ring (bicyclic) bond motifs is 2. The maximum Gasteiger partial charge on any atom is 0.262 e. The molecule has 0 fully saturated rings. The Morgan fingerprint density at radius 3 is 2.31 bits per heavy atom. The Bertz CT molecular complexity index is 1530. The number of benzene rings is 3. The normalized spacial score (nSPS) is 14.3. The van der Waals surface area contributed by atoms with Crippen LogP contribution in [-0.4, -0.2) is 11.2 Å². The molecule has 0 saturated carbocycles. The van der Waals surface area contributed by atoms with E-state index in [0.29, 0.717) is 0 Å². The van der Waals surface area contributed by atoms with Crippen molar-refractivity contribution in [2.45, 2.75) is 41.2 Å². The third kappa shape index (κ3) is 6.86. The molecule has 1 N–H and O–H groups in total. The monoisotopic (exact) mass is 567 g/mol. The SMILES string of the molecule is CCN1/C(=C/C(C)=C/c2sc3cc(C)c(C)cc3[n+]2CC)Oc2ccc(-c3ccccc3)cc21.[O-][Cl+3]([O-])([O-])O. The predicted octanol–water partition coefficient (Wildman–Crippen LogP) is 3.53. The highest BCUT2D eigenvalue weighted by atomic mass is 35.7. The van der Waals surface area contributed by atoms with Gasteiger partial charge in [-0.05, 0) is 80.6 Å². The molecular weight excluding hydrogens is 536 g/mol. The fourth-order valence-corrected chi connectivity index (χ4v) is 5.88. The number of halogens is 1. The van der Waals surface area contributed by atoms with Gasteiger partial charge in [0.1, 0.15) is 11.2 Å². The average molecular weight is 568 g/mol. The number of hydrogen-bond acceptors (Lipinski definition) is 7. The highest BCUT2D eigenvalue weighted by Crippen LogP contribution is 2.41. The zero-order chi connectivity index (χ0) is 28.3. The molecule has 0 radical (unpaired) electrons. The lowest BCUT2D eigenvalue weighted by atomic mass is 10.0. The second kappa shape index (κ2) is 11.9. The zero-order valence-electron chi connectivity index (χ0n) is 22.6. The molecule has 0 saturated heterocycles. The van der Waals surface area contributed by atoms with E-state index >= 15 is 0 Å². The lowest BCUT2D eigenvalue weighted by Gasteiger charge is -2.16. The molecule has 5 rings (SSSR count). The molecule has 1 aliphatic heterocycles. The van der Waals surface area contributed by atoms with Crippen molar-refractivity contribution in [3.05, 3.63) is 94.3 Å². The second-order valence-corrected chi connectivity index (χ2v) is 11.1. The van der Waals surface area contributed by atoms with Gasteiger partial charge < -0.3 is 9.64 Å². The molecule has 0 amide bonds. The van der Waals surface area contributed by atoms with Gasteiger partial charge in [0.2, 0.25) is 11.4 Å². The molecule has 1 aliphatic rings. The number of allylic oxidation sites excluding steroid dienone is 2. The minimum atomic E-state index is -4.69. The number of thiazole rings is 1. The van der Waals surface area contributed by atoms with Gasteiger partial charge in [0, 0.05) is 24.8 Å². The summed E-state index contributed by atoms with van der Waals surface area (Å²) in [4.78, 5) is 2.25. The van der Waals surface area contributed by atoms with Crippen LogP contribution in [0.15, 0.2) is 78.2 Å². The van der Waals surface area contributed by atoms with Crippen molar-refractivity contribution in [3.8, 4) is 16.9 Å². The van der Waals surface area contributed by atoms with Crippen LogP contribution in [-0.2, 0) is 6.54 Å². The Balaban J connectivity index is 0.000000648. The van der Waals surface area contributed by atoms with Crippen LogP contribution < -0.4 is 28.2 Å². The number of nitrogens with zero attached hydrogens (tertiary/aromatic N) is 2. The smallest absolute Gasteiger partial charge is 0.262 e. The van der Waals surface area contributed by atoms with Gasteiger partial charge in [-0.15, -0.1) is 0 Å². The summed E-state index contributed by atoms with van der Waals surface area (Å²) in [5.74, 6) is 1.80. The molecule has 7 nitrogen and oxygen atoms in total. The van der Waals surface area contributed by atoms with Gasteiger partial charge in [0.15, 0.2) is 5.75 Å². The van der Waals surface area contributed by atoms with Crippen LogP contribution in [0, 0.1) is 24.1 Å².